The highest BCUT2D eigenvalue weighted by atomic mass is 35.5. The van der Waals surface area contributed by atoms with Crippen LogP contribution in [0.4, 0.5) is 9.59 Å². The minimum atomic E-state index is -0.757. The van der Waals surface area contributed by atoms with Crippen LogP contribution in [0.5, 0.6) is 0 Å². The van der Waals surface area contributed by atoms with Crippen LogP contribution in [-0.2, 0) is 16.0 Å². The quantitative estimate of drug-likeness (QED) is 0.373. The first-order chi connectivity index (χ1) is 19.4. The third kappa shape index (κ3) is 8.30. The van der Waals surface area contributed by atoms with E-state index in [0.717, 1.165) is 31.2 Å². The van der Waals surface area contributed by atoms with Gasteiger partial charge in [-0.15, -0.1) is 0 Å². The standard InChI is InChI=1S/C32H49ClN4O4/c1-6-36(21(2)23-10-8-7-9-11-23)30(39)34-25-19-26-16-17-27(20-25)37(26)29(38)28(35-31(40)41-32(3,4)5)18-22-12-14-24(33)15-13-22/h12-15,21,23,25-28H,6-11,16-20H2,1-5H3,(H,34,39)(H,35,40)/t21?,25?,26?,27?,28-/m1/s1. The molecule has 4 atom stereocenters. The van der Waals surface area contributed by atoms with Gasteiger partial charge in [0.05, 0.1) is 0 Å². The molecule has 8 nitrogen and oxygen atoms in total. The van der Waals surface area contributed by atoms with Crippen LogP contribution in [0, 0.1) is 5.92 Å². The van der Waals surface area contributed by atoms with Crippen molar-refractivity contribution in [1.29, 1.82) is 0 Å². The first-order valence-electron chi connectivity index (χ1n) is 15.6. The monoisotopic (exact) mass is 588 g/mol. The topological polar surface area (TPSA) is 91.0 Å². The Hall–Kier alpha value is -2.48. The van der Waals surface area contributed by atoms with Gasteiger partial charge in [-0.3, -0.25) is 4.79 Å². The van der Waals surface area contributed by atoms with E-state index < -0.39 is 17.7 Å². The lowest BCUT2D eigenvalue weighted by Gasteiger charge is -2.42. The molecule has 3 aliphatic rings. The highest BCUT2D eigenvalue weighted by Crippen LogP contribution is 2.37. The molecule has 41 heavy (non-hydrogen) atoms. The Bertz CT molecular complexity index is 1040. The predicted molar refractivity (Wildman–Crippen MR) is 162 cm³/mol. The Morgan fingerprint density at radius 3 is 2.20 bits per heavy atom. The molecule has 2 N–H and O–H groups in total. The number of nitrogens with one attached hydrogen (secondary N) is 2. The van der Waals surface area contributed by atoms with Gasteiger partial charge in [0.1, 0.15) is 11.6 Å². The fourth-order valence-electron chi connectivity index (χ4n) is 7.09. The maximum absolute atomic E-state index is 14.0. The normalized spacial score (nSPS) is 24.3. The lowest BCUT2D eigenvalue weighted by molar-refractivity contribution is -0.138. The molecule has 0 spiro atoms. The molecule has 0 aromatic heterocycles. The van der Waals surface area contributed by atoms with Crippen LogP contribution in [0.2, 0.25) is 5.02 Å². The molecule has 3 fully saturated rings. The summed E-state index contributed by atoms with van der Waals surface area (Å²) < 4.78 is 5.49. The summed E-state index contributed by atoms with van der Waals surface area (Å²) in [7, 11) is 0. The second-order valence-electron chi connectivity index (χ2n) is 13.2. The van der Waals surface area contributed by atoms with Crippen molar-refractivity contribution in [1.82, 2.24) is 20.4 Å². The highest BCUT2D eigenvalue weighted by Gasteiger charge is 2.46. The molecule has 9 heteroatoms. The average molecular weight is 589 g/mol. The Labute approximate surface area is 250 Å². The van der Waals surface area contributed by atoms with Gasteiger partial charge in [-0.05, 0) is 96.8 Å². The molecule has 4 amide bonds. The van der Waals surface area contributed by atoms with Gasteiger partial charge in [0.25, 0.3) is 0 Å². The van der Waals surface area contributed by atoms with E-state index in [1.807, 2.05) is 21.9 Å². The molecule has 2 aliphatic heterocycles. The fourth-order valence-corrected chi connectivity index (χ4v) is 7.21. The van der Waals surface area contributed by atoms with Crippen molar-refractivity contribution in [3.05, 3.63) is 34.9 Å². The third-order valence-corrected chi connectivity index (χ3v) is 9.33. The van der Waals surface area contributed by atoms with Gasteiger partial charge < -0.3 is 25.2 Å². The number of fused-ring (bicyclic) bond motifs is 2. The first-order valence-corrected chi connectivity index (χ1v) is 16.0. The number of urea groups is 1. The number of halogens is 1. The predicted octanol–water partition coefficient (Wildman–Crippen LogP) is 6.30. The fraction of sp³-hybridized carbons (Fsp3) is 0.719. The summed E-state index contributed by atoms with van der Waals surface area (Å²) in [4.78, 5) is 44.1. The van der Waals surface area contributed by atoms with Crippen LogP contribution in [0.25, 0.3) is 0 Å². The van der Waals surface area contributed by atoms with Gasteiger partial charge in [0.2, 0.25) is 5.91 Å². The van der Waals surface area contributed by atoms with E-state index >= 15 is 0 Å². The molecule has 2 heterocycles. The zero-order valence-corrected chi connectivity index (χ0v) is 26.2. The molecule has 1 aromatic carbocycles. The number of hydrogen-bond acceptors (Lipinski definition) is 4. The number of benzene rings is 1. The van der Waals surface area contributed by atoms with Crippen LogP contribution >= 0.6 is 11.6 Å². The molecular formula is C32H49ClN4O4. The van der Waals surface area contributed by atoms with Gasteiger partial charge in [-0.2, -0.15) is 0 Å². The maximum Gasteiger partial charge on any atom is 0.408 e. The minimum absolute atomic E-state index is 0.0157. The molecule has 2 bridgehead atoms. The van der Waals surface area contributed by atoms with Crippen molar-refractivity contribution in [3.8, 4) is 0 Å². The van der Waals surface area contributed by atoms with Gasteiger partial charge in [0, 0.05) is 42.2 Å². The lowest BCUT2D eigenvalue weighted by atomic mass is 9.84. The summed E-state index contributed by atoms with van der Waals surface area (Å²) in [6, 6.07) is 6.92. The molecule has 228 valence electrons. The van der Waals surface area contributed by atoms with E-state index in [0.29, 0.717) is 23.9 Å². The van der Waals surface area contributed by atoms with Gasteiger partial charge in [0.15, 0.2) is 0 Å². The second-order valence-corrected chi connectivity index (χ2v) is 13.6. The Balaban J connectivity index is 1.41. The number of piperidine rings is 1. The number of ether oxygens (including phenoxy) is 1. The summed E-state index contributed by atoms with van der Waals surface area (Å²) in [5, 5.41) is 6.80. The molecule has 1 saturated carbocycles. The Morgan fingerprint density at radius 1 is 1.02 bits per heavy atom. The number of alkyl carbamates (subject to hydrolysis) is 1. The molecule has 1 aliphatic carbocycles. The van der Waals surface area contributed by atoms with Gasteiger partial charge >= 0.3 is 12.1 Å². The van der Waals surface area contributed by atoms with E-state index in [4.69, 9.17) is 16.3 Å². The first kappa shape index (κ1) is 31.5. The van der Waals surface area contributed by atoms with Crippen molar-refractivity contribution in [3.63, 3.8) is 0 Å². The van der Waals surface area contributed by atoms with Gasteiger partial charge in [-0.25, -0.2) is 9.59 Å². The number of hydrogen-bond donors (Lipinski definition) is 2. The van der Waals surface area contributed by atoms with E-state index in [1.165, 1.54) is 32.1 Å². The average Bonchev–Trinajstić information content (AvgIpc) is 3.18. The second kappa shape index (κ2) is 13.7. The molecule has 1 aromatic rings. The van der Waals surface area contributed by atoms with Crippen LogP contribution in [0.1, 0.15) is 98.0 Å². The van der Waals surface area contributed by atoms with E-state index in [2.05, 4.69) is 24.5 Å². The van der Waals surface area contributed by atoms with Crippen molar-refractivity contribution in [2.45, 2.75) is 135 Å². The van der Waals surface area contributed by atoms with Crippen molar-refractivity contribution >= 4 is 29.6 Å². The largest absolute Gasteiger partial charge is 0.444 e. The van der Waals surface area contributed by atoms with Crippen LogP contribution in [0.3, 0.4) is 0 Å². The molecule has 0 radical (unpaired) electrons. The SMILES string of the molecule is CCN(C(=O)NC1CC2CCC(C1)N2C(=O)[C@@H](Cc1ccc(Cl)cc1)NC(=O)OC(C)(C)C)C(C)C1CCCCC1. The van der Waals surface area contributed by atoms with Crippen LogP contribution in [0.15, 0.2) is 24.3 Å². The zero-order chi connectivity index (χ0) is 29.7. The molecular weight excluding hydrogens is 540 g/mol. The van der Waals surface area contributed by atoms with E-state index in [1.54, 1.807) is 32.9 Å². The number of amides is 4. The summed E-state index contributed by atoms with van der Waals surface area (Å²) in [6.45, 7) is 10.4. The summed E-state index contributed by atoms with van der Waals surface area (Å²) >= 11 is 6.07. The Morgan fingerprint density at radius 2 is 1.63 bits per heavy atom. The van der Waals surface area contributed by atoms with Crippen LogP contribution < -0.4 is 10.6 Å². The molecule has 3 unspecified atom stereocenters. The molecule has 2 saturated heterocycles. The van der Waals surface area contributed by atoms with E-state index in [-0.39, 0.29) is 36.1 Å². The number of carbonyl (C=O) groups is 3. The number of nitrogens with zero attached hydrogens (tertiary/aromatic N) is 2. The summed E-state index contributed by atoms with van der Waals surface area (Å²) in [6.07, 6.45) is 9.20. The van der Waals surface area contributed by atoms with Crippen molar-refractivity contribution in [2.24, 2.45) is 5.92 Å². The van der Waals surface area contributed by atoms with Gasteiger partial charge in [-0.1, -0.05) is 43.0 Å². The minimum Gasteiger partial charge on any atom is -0.444 e. The Kier molecular flexibility index (Phi) is 10.5. The van der Waals surface area contributed by atoms with Crippen LogP contribution in [-0.4, -0.2) is 70.2 Å². The summed E-state index contributed by atoms with van der Waals surface area (Å²) in [5.74, 6) is 0.476. The smallest absolute Gasteiger partial charge is 0.408 e. The molecule has 4 rings (SSSR count). The number of rotatable bonds is 8. The zero-order valence-electron chi connectivity index (χ0n) is 25.5. The lowest BCUT2D eigenvalue weighted by Crippen LogP contribution is -2.59. The maximum atomic E-state index is 14.0. The van der Waals surface area contributed by atoms with Crippen molar-refractivity contribution < 1.29 is 19.1 Å². The summed E-state index contributed by atoms with van der Waals surface area (Å²) in [5.41, 5.74) is 0.235. The van der Waals surface area contributed by atoms with Crippen molar-refractivity contribution in [2.75, 3.05) is 6.54 Å². The third-order valence-electron chi connectivity index (χ3n) is 9.08. The highest BCUT2D eigenvalue weighted by molar-refractivity contribution is 6.30. The van der Waals surface area contributed by atoms with E-state index in [9.17, 15) is 14.4 Å². The number of carbonyl (C=O) groups excluding carboxylic acids is 3.